The molecule has 1 heterocycles. The Morgan fingerprint density at radius 3 is 3.10 bits per heavy atom. The van der Waals surface area contributed by atoms with Crippen LogP contribution in [-0.2, 0) is 16.0 Å². The van der Waals surface area contributed by atoms with Crippen LogP contribution in [-0.4, -0.2) is 36.1 Å². The van der Waals surface area contributed by atoms with Crippen molar-refractivity contribution in [1.29, 1.82) is 0 Å². The molecule has 20 heavy (non-hydrogen) atoms. The second kappa shape index (κ2) is 7.36. The maximum Gasteiger partial charge on any atom is 0.268 e. The van der Waals surface area contributed by atoms with Crippen molar-refractivity contribution < 1.29 is 9.59 Å². The lowest BCUT2D eigenvalue weighted by Gasteiger charge is -2.17. The molecule has 4 nitrogen and oxygen atoms in total. The predicted octanol–water partition coefficient (Wildman–Crippen LogP) is 2.05. The molecule has 0 aromatic heterocycles. The Kier molecular flexibility index (Phi) is 5.49. The average molecular weight is 311 g/mol. The van der Waals surface area contributed by atoms with Gasteiger partial charge in [0, 0.05) is 17.0 Å². The van der Waals surface area contributed by atoms with E-state index in [4.69, 9.17) is 11.6 Å². The molecule has 1 N–H and O–H groups in total. The van der Waals surface area contributed by atoms with Gasteiger partial charge in [0.2, 0.25) is 0 Å². The van der Waals surface area contributed by atoms with Crippen LogP contribution in [0.1, 0.15) is 5.56 Å². The smallest absolute Gasteiger partial charge is 0.268 e. The zero-order valence-electron chi connectivity index (χ0n) is 10.8. The maximum absolute atomic E-state index is 12.0. The number of nitrogens with one attached hydrogen (secondary N) is 1. The van der Waals surface area contributed by atoms with Gasteiger partial charge in [-0.1, -0.05) is 23.7 Å². The van der Waals surface area contributed by atoms with E-state index in [1.165, 1.54) is 11.8 Å². The highest BCUT2D eigenvalue weighted by Crippen LogP contribution is 2.22. The van der Waals surface area contributed by atoms with Crippen LogP contribution in [0.3, 0.4) is 0 Å². The molecule has 0 spiro atoms. The van der Waals surface area contributed by atoms with Crippen LogP contribution in [0.2, 0.25) is 5.02 Å². The van der Waals surface area contributed by atoms with Crippen LogP contribution < -0.4 is 5.32 Å². The molecule has 1 aliphatic rings. The number of amides is 1. The summed E-state index contributed by atoms with van der Waals surface area (Å²) >= 11 is 7.42. The van der Waals surface area contributed by atoms with Gasteiger partial charge in [0.25, 0.3) is 5.91 Å². The van der Waals surface area contributed by atoms with Crippen LogP contribution >= 0.6 is 23.4 Å². The zero-order valence-corrected chi connectivity index (χ0v) is 12.4. The van der Waals surface area contributed by atoms with Gasteiger partial charge < -0.3 is 15.0 Å². The van der Waals surface area contributed by atoms with Crippen LogP contribution in [0.25, 0.3) is 0 Å². The molecule has 0 atom stereocenters. The van der Waals surface area contributed by atoms with Crippen molar-refractivity contribution in [3.05, 3.63) is 46.0 Å². The SMILES string of the molecule is O=CCN1CSC=C1C(=O)NCCc1cccc(Cl)c1. The summed E-state index contributed by atoms with van der Waals surface area (Å²) < 4.78 is 0. The highest BCUT2D eigenvalue weighted by Gasteiger charge is 2.21. The number of hydrogen-bond donors (Lipinski definition) is 1. The second-order valence-corrected chi connectivity index (χ2v) is 5.59. The van der Waals surface area contributed by atoms with Crippen molar-refractivity contribution in [2.75, 3.05) is 19.0 Å². The van der Waals surface area contributed by atoms with Crippen molar-refractivity contribution in [3.8, 4) is 0 Å². The summed E-state index contributed by atoms with van der Waals surface area (Å²) in [6.07, 6.45) is 1.53. The number of aldehydes is 1. The lowest BCUT2D eigenvalue weighted by molar-refractivity contribution is -0.119. The van der Waals surface area contributed by atoms with E-state index in [0.29, 0.717) is 23.1 Å². The molecular formula is C14H15ClN2O2S. The van der Waals surface area contributed by atoms with Crippen molar-refractivity contribution in [2.24, 2.45) is 0 Å². The van der Waals surface area contributed by atoms with Gasteiger partial charge in [0.05, 0.1) is 12.4 Å². The number of carbonyl (C=O) groups excluding carboxylic acids is 2. The number of benzene rings is 1. The monoisotopic (exact) mass is 310 g/mol. The van der Waals surface area contributed by atoms with Crippen molar-refractivity contribution in [1.82, 2.24) is 10.2 Å². The van der Waals surface area contributed by atoms with E-state index < -0.39 is 0 Å². The van der Waals surface area contributed by atoms with Gasteiger partial charge in [0.15, 0.2) is 0 Å². The summed E-state index contributed by atoms with van der Waals surface area (Å²) in [5.41, 5.74) is 1.64. The molecule has 0 radical (unpaired) electrons. The summed E-state index contributed by atoms with van der Waals surface area (Å²) in [6.45, 7) is 0.788. The van der Waals surface area contributed by atoms with E-state index in [9.17, 15) is 9.59 Å². The second-order valence-electron chi connectivity index (χ2n) is 4.32. The minimum Gasteiger partial charge on any atom is -0.350 e. The summed E-state index contributed by atoms with van der Waals surface area (Å²) in [5, 5.41) is 5.34. The fraction of sp³-hybridized carbons (Fsp3) is 0.286. The first-order valence-corrected chi connectivity index (χ1v) is 7.66. The van der Waals surface area contributed by atoms with E-state index in [2.05, 4.69) is 5.32 Å². The third kappa shape index (κ3) is 4.02. The van der Waals surface area contributed by atoms with Crippen molar-refractivity contribution in [2.45, 2.75) is 6.42 Å². The van der Waals surface area contributed by atoms with Gasteiger partial charge in [-0.05, 0) is 24.1 Å². The summed E-state index contributed by atoms with van der Waals surface area (Å²) in [4.78, 5) is 24.3. The Bertz CT molecular complexity index is 534. The quantitative estimate of drug-likeness (QED) is 0.817. The fourth-order valence-electron chi connectivity index (χ4n) is 1.89. The van der Waals surface area contributed by atoms with E-state index in [-0.39, 0.29) is 12.5 Å². The molecule has 6 heteroatoms. The van der Waals surface area contributed by atoms with Gasteiger partial charge in [-0.2, -0.15) is 0 Å². The summed E-state index contributed by atoms with van der Waals surface area (Å²) in [5.74, 6) is 0.509. The van der Waals surface area contributed by atoms with Crippen molar-refractivity contribution >= 4 is 35.6 Å². The lowest BCUT2D eigenvalue weighted by atomic mass is 10.1. The lowest BCUT2D eigenvalue weighted by Crippen LogP contribution is -2.34. The molecular weight excluding hydrogens is 296 g/mol. The standard InChI is InChI=1S/C14H15ClN2O2S/c15-12-3-1-2-11(8-12)4-5-16-14(19)13-9-20-10-17(13)6-7-18/h1-3,7-9H,4-6,10H2,(H,16,19). The highest BCUT2D eigenvalue weighted by molar-refractivity contribution is 8.02. The molecule has 0 bridgehead atoms. The molecule has 1 amide bonds. The Labute approximate surface area is 127 Å². The van der Waals surface area contributed by atoms with Gasteiger partial charge in [-0.15, -0.1) is 11.8 Å². The molecule has 0 aliphatic carbocycles. The minimum absolute atomic E-state index is 0.140. The number of hydrogen-bond acceptors (Lipinski definition) is 4. The number of carbonyl (C=O) groups is 2. The number of halogens is 1. The third-order valence-corrected chi connectivity index (χ3v) is 3.97. The Hall–Kier alpha value is -1.46. The minimum atomic E-state index is -0.140. The molecule has 2 rings (SSSR count). The van der Waals surface area contributed by atoms with E-state index >= 15 is 0 Å². The van der Waals surface area contributed by atoms with Gasteiger partial charge in [-0.3, -0.25) is 4.79 Å². The molecule has 1 aromatic rings. The topological polar surface area (TPSA) is 49.4 Å². The molecule has 0 fully saturated rings. The predicted molar refractivity (Wildman–Crippen MR) is 81.5 cm³/mol. The van der Waals surface area contributed by atoms with E-state index in [1.54, 1.807) is 10.3 Å². The van der Waals surface area contributed by atoms with E-state index in [1.807, 2.05) is 24.3 Å². The van der Waals surface area contributed by atoms with Crippen LogP contribution in [0.15, 0.2) is 35.4 Å². The van der Waals surface area contributed by atoms with Crippen LogP contribution in [0.4, 0.5) is 0 Å². The number of nitrogens with zero attached hydrogens (tertiary/aromatic N) is 1. The molecule has 0 saturated heterocycles. The van der Waals surface area contributed by atoms with Crippen molar-refractivity contribution in [3.63, 3.8) is 0 Å². The summed E-state index contributed by atoms with van der Waals surface area (Å²) in [7, 11) is 0. The Morgan fingerprint density at radius 1 is 1.50 bits per heavy atom. The molecule has 106 valence electrons. The number of thioether (sulfide) groups is 1. The first-order valence-electron chi connectivity index (χ1n) is 6.23. The molecule has 0 unspecified atom stereocenters. The Balaban J connectivity index is 1.82. The van der Waals surface area contributed by atoms with Gasteiger partial charge in [0.1, 0.15) is 12.0 Å². The van der Waals surface area contributed by atoms with Gasteiger partial charge >= 0.3 is 0 Å². The third-order valence-electron chi connectivity index (χ3n) is 2.88. The normalized spacial score (nSPS) is 14.1. The zero-order chi connectivity index (χ0) is 14.4. The summed E-state index contributed by atoms with van der Waals surface area (Å²) in [6, 6.07) is 7.57. The maximum atomic E-state index is 12.0. The molecule has 0 saturated carbocycles. The molecule has 1 aromatic carbocycles. The van der Waals surface area contributed by atoms with Crippen LogP contribution in [0.5, 0.6) is 0 Å². The average Bonchev–Trinajstić information content (AvgIpc) is 2.87. The largest absolute Gasteiger partial charge is 0.350 e. The fourth-order valence-corrected chi connectivity index (χ4v) is 3.02. The first kappa shape index (κ1) is 14.9. The Morgan fingerprint density at radius 2 is 2.35 bits per heavy atom. The van der Waals surface area contributed by atoms with E-state index in [0.717, 1.165) is 18.3 Å². The van der Waals surface area contributed by atoms with Gasteiger partial charge in [-0.25, -0.2) is 0 Å². The number of rotatable bonds is 6. The van der Waals surface area contributed by atoms with Crippen LogP contribution in [0, 0.1) is 0 Å². The highest BCUT2D eigenvalue weighted by atomic mass is 35.5. The molecule has 1 aliphatic heterocycles. The first-order chi connectivity index (χ1) is 9.70.